The van der Waals surface area contributed by atoms with Crippen molar-refractivity contribution in [1.82, 2.24) is 10.2 Å². The summed E-state index contributed by atoms with van der Waals surface area (Å²) in [7, 11) is 0. The molecule has 0 saturated carbocycles. The third kappa shape index (κ3) is 5.92. The van der Waals surface area contributed by atoms with Gasteiger partial charge < -0.3 is 15.3 Å². The number of hydrogen-bond donors (Lipinski definition) is 2. The molecule has 2 unspecified atom stereocenters. The summed E-state index contributed by atoms with van der Waals surface area (Å²) in [4.78, 5) is 3.68. The molecule has 124 valence electrons. The summed E-state index contributed by atoms with van der Waals surface area (Å²) in [5.41, 5.74) is 1.28. The Morgan fingerprint density at radius 3 is 2.36 bits per heavy atom. The second-order valence-corrected chi connectivity index (χ2v) is 8.18. The van der Waals surface area contributed by atoms with Crippen molar-refractivity contribution in [3.05, 3.63) is 29.8 Å². The van der Waals surface area contributed by atoms with E-state index in [-0.39, 0.29) is 12.1 Å². The Morgan fingerprint density at radius 2 is 1.77 bits per heavy atom. The molecule has 4 heteroatoms. The van der Waals surface area contributed by atoms with E-state index in [4.69, 9.17) is 0 Å². The minimum Gasteiger partial charge on any atom is -0.390 e. The van der Waals surface area contributed by atoms with Crippen molar-refractivity contribution < 1.29 is 5.11 Å². The van der Waals surface area contributed by atoms with Gasteiger partial charge in [0.05, 0.1) is 6.10 Å². The lowest BCUT2D eigenvalue weighted by Gasteiger charge is -2.22. The van der Waals surface area contributed by atoms with Gasteiger partial charge in [0.2, 0.25) is 0 Å². The van der Waals surface area contributed by atoms with Crippen molar-refractivity contribution in [1.29, 1.82) is 0 Å². The molecule has 0 aromatic heterocycles. The Balaban J connectivity index is 1.74. The summed E-state index contributed by atoms with van der Waals surface area (Å²) in [5.74, 6) is 0. The summed E-state index contributed by atoms with van der Waals surface area (Å²) in [6.07, 6.45) is 2.27. The summed E-state index contributed by atoms with van der Waals surface area (Å²) in [5, 5.41) is 14.2. The maximum atomic E-state index is 10.1. The molecule has 2 N–H and O–H groups in total. The Morgan fingerprint density at radius 1 is 1.14 bits per heavy atom. The second kappa shape index (κ2) is 8.92. The summed E-state index contributed by atoms with van der Waals surface area (Å²) in [6.45, 7) is 10.3. The molecule has 0 spiro atoms. The third-order valence-corrected chi connectivity index (χ3v) is 5.09. The second-order valence-electron chi connectivity index (χ2n) is 6.53. The molecule has 1 aromatic carbocycles. The maximum Gasteiger partial charge on any atom is 0.0791 e. The van der Waals surface area contributed by atoms with Gasteiger partial charge in [-0.25, -0.2) is 0 Å². The van der Waals surface area contributed by atoms with Crippen LogP contribution in [0.15, 0.2) is 29.2 Å². The van der Waals surface area contributed by atoms with Crippen molar-refractivity contribution in [2.75, 3.05) is 26.2 Å². The number of nitrogens with one attached hydrogen (secondary N) is 1. The molecular formula is C18H30N2OS. The lowest BCUT2D eigenvalue weighted by Crippen LogP contribution is -2.37. The molecule has 3 nitrogen and oxygen atoms in total. The average Bonchev–Trinajstić information content (AvgIpc) is 2.98. The van der Waals surface area contributed by atoms with Crippen LogP contribution >= 0.6 is 11.8 Å². The van der Waals surface area contributed by atoms with Crippen LogP contribution in [0, 0.1) is 0 Å². The molecular weight excluding hydrogens is 292 g/mol. The van der Waals surface area contributed by atoms with Crippen molar-refractivity contribution in [2.45, 2.75) is 55.9 Å². The van der Waals surface area contributed by atoms with Crippen LogP contribution in [0.4, 0.5) is 0 Å². The topological polar surface area (TPSA) is 35.5 Å². The molecule has 1 saturated heterocycles. The minimum atomic E-state index is -0.281. The van der Waals surface area contributed by atoms with Crippen molar-refractivity contribution in [3.63, 3.8) is 0 Å². The summed E-state index contributed by atoms with van der Waals surface area (Å²) in [6, 6.07) is 9.04. The number of hydrogen-bond acceptors (Lipinski definition) is 4. The largest absolute Gasteiger partial charge is 0.390 e. The number of thioether (sulfide) groups is 1. The number of nitrogens with zero attached hydrogens (tertiary/aromatic N) is 1. The standard InChI is InChI=1S/C18H30N2OS/c1-14(2)22-18-8-6-16(7-9-18)15(3)19-12-17(21)13-20-10-4-5-11-20/h6-9,14-15,17,19,21H,4-5,10-13H2,1-3H3. The summed E-state index contributed by atoms with van der Waals surface area (Å²) >= 11 is 1.89. The molecule has 22 heavy (non-hydrogen) atoms. The van der Waals surface area contributed by atoms with E-state index in [0.29, 0.717) is 11.8 Å². The molecule has 0 aliphatic carbocycles. The number of aliphatic hydroxyl groups excluding tert-OH is 1. The number of likely N-dealkylation sites (tertiary alicyclic amines) is 1. The fraction of sp³-hybridized carbons (Fsp3) is 0.667. The van der Waals surface area contributed by atoms with E-state index < -0.39 is 0 Å². The van der Waals surface area contributed by atoms with Gasteiger partial charge in [-0.05, 0) is 50.6 Å². The molecule has 1 aromatic rings. The van der Waals surface area contributed by atoms with E-state index in [1.165, 1.54) is 23.3 Å². The fourth-order valence-corrected chi connectivity index (χ4v) is 3.70. The zero-order valence-corrected chi connectivity index (χ0v) is 14.9. The quantitative estimate of drug-likeness (QED) is 0.720. The van der Waals surface area contributed by atoms with Crippen LogP contribution in [0.25, 0.3) is 0 Å². The van der Waals surface area contributed by atoms with E-state index in [2.05, 4.69) is 55.3 Å². The average molecular weight is 323 g/mol. The highest BCUT2D eigenvalue weighted by molar-refractivity contribution is 7.99. The zero-order valence-electron chi connectivity index (χ0n) is 14.1. The van der Waals surface area contributed by atoms with Crippen molar-refractivity contribution in [3.8, 4) is 0 Å². The van der Waals surface area contributed by atoms with Gasteiger partial charge in [-0.3, -0.25) is 0 Å². The van der Waals surface area contributed by atoms with Crippen LogP contribution in [-0.2, 0) is 0 Å². The van der Waals surface area contributed by atoms with Crippen LogP contribution in [0.2, 0.25) is 0 Å². The smallest absolute Gasteiger partial charge is 0.0791 e. The van der Waals surface area contributed by atoms with Crippen LogP contribution in [-0.4, -0.2) is 47.5 Å². The van der Waals surface area contributed by atoms with Crippen LogP contribution in [0.1, 0.15) is 45.2 Å². The molecule has 1 aliphatic heterocycles. The van der Waals surface area contributed by atoms with E-state index >= 15 is 0 Å². The van der Waals surface area contributed by atoms with Gasteiger partial charge in [0.25, 0.3) is 0 Å². The Bertz CT molecular complexity index is 429. The van der Waals surface area contributed by atoms with Gasteiger partial charge in [-0.15, -0.1) is 11.8 Å². The number of benzene rings is 1. The third-order valence-electron chi connectivity index (χ3n) is 4.08. The molecule has 1 fully saturated rings. The van der Waals surface area contributed by atoms with Crippen LogP contribution < -0.4 is 5.32 Å². The summed E-state index contributed by atoms with van der Waals surface area (Å²) < 4.78 is 0. The highest BCUT2D eigenvalue weighted by atomic mass is 32.2. The molecule has 2 rings (SSSR count). The highest BCUT2D eigenvalue weighted by Gasteiger charge is 2.16. The number of rotatable bonds is 8. The molecule has 1 aliphatic rings. The van der Waals surface area contributed by atoms with Gasteiger partial charge in [0, 0.05) is 29.3 Å². The Hall–Kier alpha value is -0.550. The van der Waals surface area contributed by atoms with Gasteiger partial charge in [0.15, 0.2) is 0 Å². The first kappa shape index (κ1) is 17.8. The number of aliphatic hydroxyl groups is 1. The fourth-order valence-electron chi connectivity index (χ4n) is 2.87. The molecule has 0 bridgehead atoms. The van der Waals surface area contributed by atoms with Gasteiger partial charge >= 0.3 is 0 Å². The maximum absolute atomic E-state index is 10.1. The van der Waals surface area contributed by atoms with Gasteiger partial charge in [0.1, 0.15) is 0 Å². The molecule has 0 amide bonds. The van der Waals surface area contributed by atoms with Crippen molar-refractivity contribution >= 4 is 11.8 Å². The van der Waals surface area contributed by atoms with Crippen LogP contribution in [0.5, 0.6) is 0 Å². The van der Waals surface area contributed by atoms with Gasteiger partial charge in [-0.1, -0.05) is 26.0 Å². The van der Waals surface area contributed by atoms with Crippen molar-refractivity contribution in [2.24, 2.45) is 0 Å². The minimum absolute atomic E-state index is 0.270. The predicted octanol–water partition coefficient (Wildman–Crippen LogP) is 3.29. The van der Waals surface area contributed by atoms with E-state index in [0.717, 1.165) is 19.6 Å². The normalized spacial score (nSPS) is 18.8. The molecule has 1 heterocycles. The van der Waals surface area contributed by atoms with E-state index in [1.807, 2.05) is 11.8 Å². The first-order chi connectivity index (χ1) is 10.5. The van der Waals surface area contributed by atoms with E-state index in [1.54, 1.807) is 0 Å². The predicted molar refractivity (Wildman–Crippen MR) is 95.5 cm³/mol. The van der Waals surface area contributed by atoms with Gasteiger partial charge in [-0.2, -0.15) is 0 Å². The molecule has 2 atom stereocenters. The molecule has 0 radical (unpaired) electrons. The highest BCUT2D eigenvalue weighted by Crippen LogP contribution is 2.24. The first-order valence-electron chi connectivity index (χ1n) is 8.45. The Kier molecular flexibility index (Phi) is 7.22. The number of β-amino-alcohol motifs (C(OH)–C–C–N with tert-alkyl or cyclic N) is 1. The lowest BCUT2D eigenvalue weighted by atomic mass is 10.1. The lowest BCUT2D eigenvalue weighted by molar-refractivity contribution is 0.121. The van der Waals surface area contributed by atoms with Crippen LogP contribution in [0.3, 0.4) is 0 Å². The Labute approximate surface area is 139 Å². The SMILES string of the molecule is CC(C)Sc1ccc(C(C)NCC(O)CN2CCCC2)cc1. The zero-order chi connectivity index (χ0) is 15.9. The first-order valence-corrected chi connectivity index (χ1v) is 9.33. The van der Waals surface area contributed by atoms with E-state index in [9.17, 15) is 5.11 Å². The monoisotopic (exact) mass is 322 g/mol.